The van der Waals surface area contributed by atoms with Crippen molar-refractivity contribution in [3.05, 3.63) is 57.7 Å². The monoisotopic (exact) mass is 457 g/mol. The van der Waals surface area contributed by atoms with Crippen LogP contribution < -0.4 is 0 Å². The number of hydrogen-bond donors (Lipinski definition) is 0. The van der Waals surface area contributed by atoms with Crippen LogP contribution >= 0.6 is 27.5 Å². The van der Waals surface area contributed by atoms with Gasteiger partial charge in [-0.3, -0.25) is 4.90 Å². The molecule has 0 amide bonds. The molecule has 3 rings (SSSR count). The molecule has 0 unspecified atom stereocenters. The summed E-state index contributed by atoms with van der Waals surface area (Å²) in [7, 11) is 0. The van der Waals surface area contributed by atoms with Gasteiger partial charge in [0.05, 0.1) is 5.02 Å². The Bertz CT molecular complexity index is 855. The Labute approximate surface area is 156 Å². The van der Waals surface area contributed by atoms with Crippen LogP contribution in [0.3, 0.4) is 0 Å². The highest BCUT2D eigenvalue weighted by atomic mass is 79.9. The van der Waals surface area contributed by atoms with Gasteiger partial charge in [0.2, 0.25) is 0 Å². The molecule has 2 heterocycles. The molecule has 1 aromatic carbocycles. The van der Waals surface area contributed by atoms with Gasteiger partial charge in [0.25, 0.3) is 0 Å². The van der Waals surface area contributed by atoms with E-state index < -0.39 is 29.7 Å². The largest absolute Gasteiger partial charge is 0.443 e. The van der Waals surface area contributed by atoms with E-state index in [2.05, 4.69) is 25.9 Å². The molecular weight excluding hydrogens is 452 g/mol. The van der Waals surface area contributed by atoms with E-state index in [9.17, 15) is 26.3 Å². The smallest absolute Gasteiger partial charge is 0.285 e. The van der Waals surface area contributed by atoms with Gasteiger partial charge in [-0.2, -0.15) is 26.3 Å². The van der Waals surface area contributed by atoms with E-state index in [1.807, 2.05) is 0 Å². The minimum atomic E-state index is -5.80. The van der Waals surface area contributed by atoms with Crippen molar-refractivity contribution in [1.82, 2.24) is 4.90 Å². The number of halogens is 8. The number of nitrogens with zero attached hydrogens (tertiary/aromatic N) is 3. The summed E-state index contributed by atoms with van der Waals surface area (Å²) in [5.41, 5.74) is -4.71. The first kappa shape index (κ1) is 19.0. The summed E-state index contributed by atoms with van der Waals surface area (Å²) in [6, 6.07) is 5.54. The number of aliphatic imine (C=N–C) groups is 2. The van der Waals surface area contributed by atoms with Crippen molar-refractivity contribution in [3.8, 4) is 0 Å². The summed E-state index contributed by atoms with van der Waals surface area (Å²) in [6.07, 6.45) is -8.03. The highest BCUT2D eigenvalue weighted by molar-refractivity contribution is 9.11. The maximum atomic E-state index is 13.5. The van der Waals surface area contributed by atoms with Gasteiger partial charge in [-0.05, 0) is 40.2 Å². The maximum absolute atomic E-state index is 13.5. The molecule has 2 aliphatic rings. The number of benzene rings is 1. The van der Waals surface area contributed by atoms with Crippen LogP contribution in [0, 0.1) is 0 Å². The van der Waals surface area contributed by atoms with E-state index in [-0.39, 0.29) is 10.6 Å². The SMILES string of the molecule is FC(F)(F)C1(C(F)(F)F)N=C2C=CC(Br)=CN2C(c2ccccc2Cl)=N1. The lowest BCUT2D eigenvalue weighted by Gasteiger charge is -2.38. The molecule has 3 nitrogen and oxygen atoms in total. The minimum absolute atomic E-state index is 0.0511. The van der Waals surface area contributed by atoms with Crippen LogP contribution in [0.1, 0.15) is 5.56 Å². The standard InChI is InChI=1S/C15H7BrClF6N3/c16-8-5-6-11-24-13(14(18,19)20,15(21,22)23)25-12(26(11)7-8)9-3-1-2-4-10(9)17/h1-7H. The zero-order valence-corrected chi connectivity index (χ0v) is 14.7. The molecule has 138 valence electrons. The van der Waals surface area contributed by atoms with Crippen molar-refractivity contribution in [1.29, 1.82) is 0 Å². The van der Waals surface area contributed by atoms with Crippen molar-refractivity contribution in [3.63, 3.8) is 0 Å². The Morgan fingerprint density at radius 1 is 0.962 bits per heavy atom. The second-order valence-corrected chi connectivity index (χ2v) is 6.59. The van der Waals surface area contributed by atoms with E-state index in [4.69, 9.17) is 11.6 Å². The molecule has 0 saturated carbocycles. The average Bonchev–Trinajstić information content (AvgIpc) is 2.52. The second kappa shape index (κ2) is 6.12. The molecule has 0 spiro atoms. The topological polar surface area (TPSA) is 28.0 Å². The van der Waals surface area contributed by atoms with Gasteiger partial charge in [-0.15, -0.1) is 0 Å². The average molecular weight is 459 g/mol. The normalized spacial score (nSPS) is 19.5. The minimum Gasteiger partial charge on any atom is -0.285 e. The predicted molar refractivity (Wildman–Crippen MR) is 88.3 cm³/mol. The third-order valence-electron chi connectivity index (χ3n) is 3.57. The molecule has 1 aromatic rings. The summed E-state index contributed by atoms with van der Waals surface area (Å²) >= 11 is 9.11. The van der Waals surface area contributed by atoms with Gasteiger partial charge in [0.1, 0.15) is 11.7 Å². The van der Waals surface area contributed by atoms with Crippen molar-refractivity contribution in [2.24, 2.45) is 9.98 Å². The van der Waals surface area contributed by atoms with Gasteiger partial charge in [-0.1, -0.05) is 23.7 Å². The molecule has 0 radical (unpaired) electrons. The first-order valence-electron chi connectivity index (χ1n) is 6.89. The fourth-order valence-corrected chi connectivity index (χ4v) is 2.93. The molecule has 26 heavy (non-hydrogen) atoms. The predicted octanol–water partition coefficient (Wildman–Crippen LogP) is 5.43. The van der Waals surface area contributed by atoms with Crippen molar-refractivity contribution in [2.45, 2.75) is 18.0 Å². The maximum Gasteiger partial charge on any atom is 0.443 e. The zero-order valence-electron chi connectivity index (χ0n) is 12.4. The van der Waals surface area contributed by atoms with Crippen LogP contribution in [-0.4, -0.2) is 34.6 Å². The molecule has 0 atom stereocenters. The van der Waals surface area contributed by atoms with E-state index >= 15 is 0 Å². The number of alkyl halides is 6. The number of fused-ring (bicyclic) bond motifs is 1. The second-order valence-electron chi connectivity index (χ2n) is 5.27. The molecule has 0 aliphatic carbocycles. The lowest BCUT2D eigenvalue weighted by Crippen LogP contribution is -2.58. The third-order valence-corrected chi connectivity index (χ3v) is 4.37. The summed E-state index contributed by atoms with van der Waals surface area (Å²) in [5, 5.41) is -0.0511. The first-order valence-corrected chi connectivity index (χ1v) is 8.06. The Balaban J connectivity index is 2.34. The van der Waals surface area contributed by atoms with Gasteiger partial charge in [0, 0.05) is 16.2 Å². The molecule has 0 saturated heterocycles. The molecule has 0 N–H and O–H groups in total. The van der Waals surface area contributed by atoms with E-state index in [0.717, 1.165) is 11.0 Å². The summed E-state index contributed by atoms with van der Waals surface area (Å²) in [5.74, 6) is -1.18. The molecule has 0 bridgehead atoms. The van der Waals surface area contributed by atoms with E-state index in [1.165, 1.54) is 36.5 Å². The van der Waals surface area contributed by atoms with Crippen LogP contribution in [0.4, 0.5) is 26.3 Å². The Morgan fingerprint density at radius 2 is 1.58 bits per heavy atom. The molecule has 2 aliphatic heterocycles. The first-order chi connectivity index (χ1) is 12.0. The molecule has 11 heteroatoms. The summed E-state index contributed by atoms with van der Waals surface area (Å²) in [6.45, 7) is 0. The van der Waals surface area contributed by atoms with Crippen LogP contribution in [-0.2, 0) is 0 Å². The zero-order chi connectivity index (χ0) is 19.3. The van der Waals surface area contributed by atoms with Crippen LogP contribution in [0.25, 0.3) is 0 Å². The van der Waals surface area contributed by atoms with E-state index in [1.54, 1.807) is 0 Å². The highest BCUT2D eigenvalue weighted by Gasteiger charge is 2.73. The number of rotatable bonds is 1. The van der Waals surface area contributed by atoms with Crippen LogP contribution in [0.15, 0.2) is 57.1 Å². The summed E-state index contributed by atoms with van der Waals surface area (Å²) in [4.78, 5) is 6.97. The Morgan fingerprint density at radius 3 is 2.15 bits per heavy atom. The summed E-state index contributed by atoms with van der Waals surface area (Å²) < 4.78 is 81.3. The van der Waals surface area contributed by atoms with E-state index in [0.29, 0.717) is 4.48 Å². The lowest BCUT2D eigenvalue weighted by molar-refractivity contribution is -0.292. The Kier molecular flexibility index (Phi) is 4.47. The van der Waals surface area contributed by atoms with Crippen molar-refractivity contribution < 1.29 is 26.3 Å². The Hall–Kier alpha value is -1.81. The van der Waals surface area contributed by atoms with Gasteiger partial charge < -0.3 is 0 Å². The quantitative estimate of drug-likeness (QED) is 0.516. The highest BCUT2D eigenvalue weighted by Crippen LogP contribution is 2.49. The van der Waals surface area contributed by atoms with Gasteiger partial charge in [-0.25, -0.2) is 9.98 Å². The van der Waals surface area contributed by atoms with Gasteiger partial charge >= 0.3 is 18.0 Å². The number of hydrogen-bond acceptors (Lipinski definition) is 3. The van der Waals surface area contributed by atoms with Crippen LogP contribution in [0.2, 0.25) is 5.02 Å². The molecular formula is C15H7BrClF6N3. The number of amidine groups is 2. The van der Waals surface area contributed by atoms with Crippen molar-refractivity contribution in [2.75, 3.05) is 0 Å². The van der Waals surface area contributed by atoms with Crippen molar-refractivity contribution >= 4 is 39.2 Å². The fraction of sp³-hybridized carbons (Fsp3) is 0.200. The molecule has 0 aromatic heterocycles. The third kappa shape index (κ3) is 2.94. The van der Waals surface area contributed by atoms with Gasteiger partial charge in [0.15, 0.2) is 0 Å². The fourth-order valence-electron chi connectivity index (χ4n) is 2.37. The number of allylic oxidation sites excluding steroid dienone is 2. The van der Waals surface area contributed by atoms with Crippen LogP contribution in [0.5, 0.6) is 0 Å². The molecule has 0 fully saturated rings. The lowest BCUT2D eigenvalue weighted by atomic mass is 10.1.